The van der Waals surface area contributed by atoms with Gasteiger partial charge in [0, 0.05) is 13.5 Å². The first-order valence-electron chi connectivity index (χ1n) is 20.5. The summed E-state index contributed by atoms with van der Waals surface area (Å²) in [5, 5.41) is 0.234. The van der Waals surface area contributed by atoms with Crippen molar-refractivity contribution in [2.24, 2.45) is 16.7 Å². The van der Waals surface area contributed by atoms with Crippen LogP contribution < -0.4 is 0 Å². The third-order valence-corrected chi connectivity index (χ3v) is 22.4. The van der Waals surface area contributed by atoms with Crippen molar-refractivity contribution in [1.29, 1.82) is 0 Å². The molecule has 3 aliphatic carbocycles. The van der Waals surface area contributed by atoms with Crippen LogP contribution in [0.2, 0.25) is 36.3 Å². The Balaban J connectivity index is 1.99. The normalized spacial score (nSPS) is 28.9. The zero-order valence-corrected chi connectivity index (χ0v) is 39.3. The maximum absolute atomic E-state index is 13.3. The number of carbonyl (C=O) groups is 1. The van der Waals surface area contributed by atoms with E-state index in [0.29, 0.717) is 12.7 Å². The van der Waals surface area contributed by atoms with Crippen LogP contribution in [0.4, 0.5) is 0 Å². The monoisotopic (exact) mass is 773 g/mol. The molecule has 0 aliphatic heterocycles. The van der Waals surface area contributed by atoms with E-state index in [1.54, 1.807) is 7.11 Å². The number of hydrogen-bond acceptors (Lipinski definition) is 6. The molecule has 0 amide bonds. The molecule has 0 aromatic carbocycles. The van der Waals surface area contributed by atoms with E-state index in [0.717, 1.165) is 63.4 Å². The maximum atomic E-state index is 13.3. The predicted octanol–water partition coefficient (Wildman–Crippen LogP) is 12.6. The van der Waals surface area contributed by atoms with Crippen LogP contribution >= 0.6 is 0 Å². The number of carbonyl (C=O) groups excluding carboxylic acids is 1. The van der Waals surface area contributed by atoms with Gasteiger partial charge < -0.3 is 23.1 Å². The van der Waals surface area contributed by atoms with Gasteiger partial charge in [0.15, 0.2) is 16.6 Å². The Bertz CT molecular complexity index is 1380. The molecular weight excluding hydrogens is 693 g/mol. The van der Waals surface area contributed by atoms with Gasteiger partial charge in [0.25, 0.3) is 0 Å². The molecule has 3 saturated carbocycles. The second-order valence-corrected chi connectivity index (χ2v) is 30.8. The highest BCUT2D eigenvalue weighted by Crippen LogP contribution is 2.58. The summed E-state index contributed by atoms with van der Waals surface area (Å²) in [6.07, 6.45) is 15.7. The lowest BCUT2D eigenvalue weighted by atomic mass is 9.65. The molecule has 3 fully saturated rings. The number of allylic oxidation sites excluding steroid dienone is 4. The largest absolute Gasteiger partial charge is 0.457 e. The third-order valence-electron chi connectivity index (χ3n) is 13.3. The molecule has 0 aromatic heterocycles. The van der Waals surface area contributed by atoms with E-state index in [1.807, 2.05) is 20.8 Å². The summed E-state index contributed by atoms with van der Waals surface area (Å²) >= 11 is 0. The Kier molecular flexibility index (Phi) is 14.8. The van der Waals surface area contributed by atoms with Crippen LogP contribution in [0.15, 0.2) is 47.1 Å². The lowest BCUT2D eigenvalue weighted by molar-refractivity contribution is -0.156. The second-order valence-electron chi connectivity index (χ2n) is 21.3. The summed E-state index contributed by atoms with van der Waals surface area (Å²) in [4.78, 5) is 13.3. The topological polar surface area (TPSA) is 63.2 Å². The van der Waals surface area contributed by atoms with Crippen LogP contribution in [0.1, 0.15) is 141 Å². The molecule has 3 rings (SSSR count). The van der Waals surface area contributed by atoms with Gasteiger partial charge in [-0.1, -0.05) is 78.8 Å². The fourth-order valence-electron chi connectivity index (χ4n) is 7.71. The van der Waals surface area contributed by atoms with E-state index in [-0.39, 0.29) is 45.4 Å². The summed E-state index contributed by atoms with van der Waals surface area (Å²) in [6, 6.07) is 0. The Morgan fingerprint density at radius 2 is 1.49 bits per heavy atom. The number of esters is 1. The van der Waals surface area contributed by atoms with Crippen molar-refractivity contribution in [2.45, 2.75) is 201 Å². The van der Waals surface area contributed by atoms with Gasteiger partial charge in [-0.25, -0.2) is 0 Å². The zero-order chi connectivity index (χ0) is 40.4. The van der Waals surface area contributed by atoms with Gasteiger partial charge in [-0.3, -0.25) is 4.79 Å². The molecule has 5 atom stereocenters. The van der Waals surface area contributed by atoms with Crippen LogP contribution in [-0.4, -0.2) is 60.4 Å². The molecule has 3 aliphatic rings. The van der Waals surface area contributed by atoms with Gasteiger partial charge in [-0.2, -0.15) is 0 Å². The molecule has 0 unspecified atom stereocenters. The molecule has 6 nitrogen and oxygen atoms in total. The highest BCUT2D eigenvalue weighted by atomic mass is 28.4. The summed E-state index contributed by atoms with van der Waals surface area (Å²) < 4.78 is 31.7. The van der Waals surface area contributed by atoms with E-state index >= 15 is 0 Å². The van der Waals surface area contributed by atoms with Crippen molar-refractivity contribution in [3.8, 4) is 0 Å². The summed E-state index contributed by atoms with van der Waals surface area (Å²) in [5.41, 5.74) is 4.27. The Morgan fingerprint density at radius 3 is 2.06 bits per heavy atom. The third kappa shape index (κ3) is 11.6. The van der Waals surface area contributed by atoms with E-state index < -0.39 is 22.0 Å². The average molecular weight is 773 g/mol. The van der Waals surface area contributed by atoms with Crippen molar-refractivity contribution in [2.75, 3.05) is 13.9 Å². The lowest BCUT2D eigenvalue weighted by Crippen LogP contribution is -2.49. The van der Waals surface area contributed by atoms with Crippen molar-refractivity contribution < 1.29 is 27.9 Å². The minimum atomic E-state index is -2.05. The van der Waals surface area contributed by atoms with Crippen LogP contribution in [0.5, 0.6) is 0 Å². The van der Waals surface area contributed by atoms with Crippen LogP contribution in [0.3, 0.4) is 0 Å². The average Bonchev–Trinajstić information content (AvgIpc) is 3.28. The minimum absolute atomic E-state index is 0.0484. The van der Waals surface area contributed by atoms with Gasteiger partial charge in [-0.15, -0.1) is 0 Å². The fourth-order valence-corrected chi connectivity index (χ4v) is 10.4. The molecule has 0 saturated heterocycles. The van der Waals surface area contributed by atoms with Gasteiger partial charge in [0.05, 0.1) is 23.2 Å². The molecule has 0 bridgehead atoms. The predicted molar refractivity (Wildman–Crippen MR) is 227 cm³/mol. The number of rotatable bonds is 13. The first-order valence-corrected chi connectivity index (χ1v) is 26.4. The number of fused-ring (bicyclic) bond motifs is 1. The van der Waals surface area contributed by atoms with E-state index in [1.165, 1.54) is 16.7 Å². The van der Waals surface area contributed by atoms with Gasteiger partial charge in [-0.05, 0) is 150 Å². The standard InChI is InChI=1S/C45H80O6Si2/c1-32-34(28-35(50-52(15,16)42(5,6)7)29-38(32)51-53(17,18)43(8,9)10)25-24-33-22-21-27-45(13)36(23-19-20-26-44(11,12)48-31-47-14)39(30-37(33)45)49-40(46)41(2,3)4/h23-25,35,37-39H,1,19-22,26-31H2,2-18H3/b33-24+,34-25-,36-23-/t35-,37+,38+,39-,45-/m1/s1. The smallest absolute Gasteiger partial charge is 0.311 e. The first kappa shape index (κ1) is 46.1. The van der Waals surface area contributed by atoms with Crippen LogP contribution in [0, 0.1) is 16.7 Å². The highest BCUT2D eigenvalue weighted by molar-refractivity contribution is 6.74. The van der Waals surface area contributed by atoms with Gasteiger partial charge in [0.2, 0.25) is 0 Å². The Labute approximate surface area is 328 Å². The lowest BCUT2D eigenvalue weighted by Gasteiger charge is -2.45. The van der Waals surface area contributed by atoms with Gasteiger partial charge >= 0.3 is 5.97 Å². The molecule has 304 valence electrons. The molecule has 53 heavy (non-hydrogen) atoms. The molecule has 0 heterocycles. The van der Waals surface area contributed by atoms with E-state index in [9.17, 15) is 4.79 Å². The second kappa shape index (κ2) is 17.1. The molecule has 0 N–H and O–H groups in total. The number of hydrogen-bond donors (Lipinski definition) is 0. The fraction of sp³-hybridized carbons (Fsp3) is 0.800. The molecule has 0 aromatic rings. The van der Waals surface area contributed by atoms with Crippen molar-refractivity contribution in [3.05, 3.63) is 47.1 Å². The van der Waals surface area contributed by atoms with Crippen molar-refractivity contribution in [1.82, 2.24) is 0 Å². The highest BCUT2D eigenvalue weighted by Gasteiger charge is 2.52. The summed E-state index contributed by atoms with van der Waals surface area (Å²) in [5.74, 6) is 0.186. The minimum Gasteiger partial charge on any atom is -0.457 e. The van der Waals surface area contributed by atoms with E-state index in [4.69, 9.17) is 29.6 Å². The SMILES string of the molecule is C=C1/C(=C\C=C2/CCC[C@]3(C)/C(=C\CCCC(C)(C)OCOC)[C@H](OC(=O)C(C)(C)C)C[C@@H]23)C[C@@H](O[Si](C)(C)C(C)(C)C)C[C@@H]1O[Si](C)(C)C(C)(C)C. The molecule has 8 heteroatoms. The summed E-state index contributed by atoms with van der Waals surface area (Å²) in [6.45, 7) is 40.8. The Hall–Kier alpha value is -1.30. The van der Waals surface area contributed by atoms with Gasteiger partial charge in [0.1, 0.15) is 12.9 Å². The quantitative estimate of drug-likeness (QED) is 0.0611. The number of methoxy groups -OCH3 is 1. The van der Waals surface area contributed by atoms with Crippen LogP contribution in [-0.2, 0) is 27.9 Å². The van der Waals surface area contributed by atoms with Crippen molar-refractivity contribution >= 4 is 22.6 Å². The maximum Gasteiger partial charge on any atom is 0.311 e. The van der Waals surface area contributed by atoms with E-state index in [2.05, 4.69) is 107 Å². The van der Waals surface area contributed by atoms with Crippen molar-refractivity contribution in [3.63, 3.8) is 0 Å². The zero-order valence-electron chi connectivity index (χ0n) is 37.3. The molecule has 0 spiro atoms. The molecular formula is C45H80O6Si2. The van der Waals surface area contributed by atoms with Crippen LogP contribution in [0.25, 0.3) is 0 Å². The number of unbranched alkanes of at least 4 members (excludes halogenated alkanes) is 1. The number of ether oxygens (including phenoxy) is 3. The summed E-state index contributed by atoms with van der Waals surface area (Å²) in [7, 11) is -2.39. The molecule has 0 radical (unpaired) electrons. The first-order chi connectivity index (χ1) is 24.0. The Morgan fingerprint density at radius 1 is 0.887 bits per heavy atom.